The van der Waals surface area contributed by atoms with Gasteiger partial charge in [-0.2, -0.15) is 0 Å². The topological polar surface area (TPSA) is 204 Å². The minimum absolute atomic E-state index is 0.0676. The van der Waals surface area contributed by atoms with Gasteiger partial charge in [-0.3, -0.25) is 24.0 Å². The number of benzene rings is 1. The smallest absolute Gasteiger partial charge is 0.322 e. The number of carbonyl (C=O) groups is 5. The molecule has 0 aliphatic carbocycles. The number of aromatic nitrogens is 1. The van der Waals surface area contributed by atoms with Gasteiger partial charge < -0.3 is 36.9 Å². The Morgan fingerprint density at radius 1 is 0.971 bits per heavy atom. The molecule has 3 atom stereocenters. The van der Waals surface area contributed by atoms with E-state index in [1.165, 1.54) is 0 Å². The van der Waals surface area contributed by atoms with Crippen molar-refractivity contribution >= 4 is 40.6 Å². The quantitative estimate of drug-likeness (QED) is 0.199. The Bertz CT molecular complexity index is 1080. The van der Waals surface area contributed by atoms with E-state index in [0.717, 1.165) is 16.5 Å². The van der Waals surface area contributed by atoms with Crippen molar-refractivity contribution in [2.45, 2.75) is 51.2 Å². The van der Waals surface area contributed by atoms with Crippen LogP contribution in [-0.2, 0) is 30.4 Å². The number of carboxylic acids is 2. The number of aliphatic carboxylic acids is 2. The van der Waals surface area contributed by atoms with Crippen LogP contribution in [0.2, 0.25) is 0 Å². The Morgan fingerprint density at radius 3 is 2.29 bits per heavy atom. The van der Waals surface area contributed by atoms with Crippen molar-refractivity contribution < 1.29 is 34.2 Å². The predicted octanol–water partition coefficient (Wildman–Crippen LogP) is -0.271. The molecule has 0 aliphatic heterocycles. The first-order valence-electron chi connectivity index (χ1n) is 11.1. The molecule has 12 heteroatoms. The molecule has 3 amide bonds. The van der Waals surface area contributed by atoms with Crippen molar-refractivity contribution in [3.8, 4) is 0 Å². The van der Waals surface area contributed by atoms with Crippen molar-refractivity contribution in [2.24, 2.45) is 11.7 Å². The number of carboxylic acid groups (broad SMARTS) is 2. The average Bonchev–Trinajstić information content (AvgIpc) is 3.21. The molecule has 2 aromatic rings. The van der Waals surface area contributed by atoms with Gasteiger partial charge in [0, 0.05) is 29.9 Å². The lowest BCUT2D eigenvalue weighted by atomic mass is 10.00. The average molecular weight is 490 g/mol. The zero-order valence-electron chi connectivity index (χ0n) is 19.5. The highest BCUT2D eigenvalue weighted by Crippen LogP contribution is 2.19. The Balaban J connectivity index is 2.19. The summed E-state index contributed by atoms with van der Waals surface area (Å²) >= 11 is 0. The number of nitrogens with one attached hydrogen (secondary N) is 4. The lowest BCUT2D eigenvalue weighted by Gasteiger charge is -2.26. The molecule has 3 unspecified atom stereocenters. The summed E-state index contributed by atoms with van der Waals surface area (Å²) in [5.74, 6) is -4.77. The molecule has 0 saturated heterocycles. The number of nitrogens with two attached hydrogens (primary N) is 1. The van der Waals surface area contributed by atoms with Crippen LogP contribution >= 0.6 is 0 Å². The zero-order chi connectivity index (χ0) is 26.1. The summed E-state index contributed by atoms with van der Waals surface area (Å²) in [5, 5.41) is 25.9. The fourth-order valence-corrected chi connectivity index (χ4v) is 3.48. The van der Waals surface area contributed by atoms with Crippen LogP contribution in [0, 0.1) is 5.92 Å². The summed E-state index contributed by atoms with van der Waals surface area (Å²) in [7, 11) is 0. The van der Waals surface area contributed by atoms with E-state index >= 15 is 0 Å². The molecule has 0 aliphatic rings. The monoisotopic (exact) mass is 489 g/mol. The molecular weight excluding hydrogens is 458 g/mol. The SMILES string of the molecule is CC(C)C(NC(=O)C(N)CCC(=O)O)C(=O)NC(Cc1c[nH]c2ccccc12)C(=O)NCC(=O)O. The summed E-state index contributed by atoms with van der Waals surface area (Å²) < 4.78 is 0. The van der Waals surface area contributed by atoms with Gasteiger partial charge >= 0.3 is 11.9 Å². The number of fused-ring (bicyclic) bond motifs is 1. The highest BCUT2D eigenvalue weighted by atomic mass is 16.4. The molecule has 1 aromatic carbocycles. The van der Waals surface area contributed by atoms with Gasteiger partial charge in [0.25, 0.3) is 0 Å². The van der Waals surface area contributed by atoms with E-state index in [9.17, 15) is 24.0 Å². The third kappa shape index (κ3) is 8.10. The first-order valence-corrected chi connectivity index (χ1v) is 11.1. The van der Waals surface area contributed by atoms with Crippen LogP contribution in [0.25, 0.3) is 10.9 Å². The fourth-order valence-electron chi connectivity index (χ4n) is 3.48. The second kappa shape index (κ2) is 12.5. The second-order valence-electron chi connectivity index (χ2n) is 8.51. The Hall–Kier alpha value is -3.93. The molecule has 0 bridgehead atoms. The number of rotatable bonds is 13. The molecule has 1 aromatic heterocycles. The minimum atomic E-state index is -1.24. The number of amides is 3. The third-order valence-electron chi connectivity index (χ3n) is 5.40. The molecule has 2 rings (SSSR count). The van der Waals surface area contributed by atoms with Crippen molar-refractivity contribution in [3.63, 3.8) is 0 Å². The van der Waals surface area contributed by atoms with Crippen LogP contribution < -0.4 is 21.7 Å². The summed E-state index contributed by atoms with van der Waals surface area (Å²) in [6, 6.07) is 4.07. The molecule has 0 saturated carbocycles. The van der Waals surface area contributed by atoms with Gasteiger partial charge in [0.05, 0.1) is 6.04 Å². The normalized spacial score (nSPS) is 13.6. The van der Waals surface area contributed by atoms with E-state index in [4.69, 9.17) is 15.9 Å². The molecule has 0 fully saturated rings. The standard InChI is InChI=1S/C23H31N5O7/c1-12(2)20(28-21(33)15(24)7-8-18(29)30)23(35)27-17(22(34)26-11-19(31)32)9-13-10-25-16-6-4-3-5-14(13)16/h3-6,10,12,15,17,20,25H,7-9,11,24H2,1-2H3,(H,26,34)(H,27,35)(H,28,33)(H,29,30)(H,31,32). The van der Waals surface area contributed by atoms with Gasteiger partial charge in [-0.15, -0.1) is 0 Å². The van der Waals surface area contributed by atoms with Crippen molar-refractivity contribution in [2.75, 3.05) is 6.54 Å². The molecule has 1 heterocycles. The maximum atomic E-state index is 13.1. The van der Waals surface area contributed by atoms with Crippen LogP contribution in [-0.4, -0.2) is 69.5 Å². The van der Waals surface area contributed by atoms with Crippen LogP contribution in [0.15, 0.2) is 30.5 Å². The molecular formula is C23H31N5O7. The van der Waals surface area contributed by atoms with E-state index in [1.54, 1.807) is 20.0 Å². The molecule has 12 nitrogen and oxygen atoms in total. The highest BCUT2D eigenvalue weighted by molar-refractivity contribution is 5.94. The summed E-state index contributed by atoms with van der Waals surface area (Å²) in [6.45, 7) is 2.75. The number of hydrogen-bond donors (Lipinski definition) is 7. The predicted molar refractivity (Wildman–Crippen MR) is 126 cm³/mol. The second-order valence-corrected chi connectivity index (χ2v) is 8.51. The number of para-hydroxylation sites is 1. The first-order chi connectivity index (χ1) is 16.5. The van der Waals surface area contributed by atoms with E-state index < -0.39 is 54.3 Å². The highest BCUT2D eigenvalue weighted by Gasteiger charge is 2.30. The maximum Gasteiger partial charge on any atom is 0.322 e. The van der Waals surface area contributed by atoms with Crippen LogP contribution in [0.3, 0.4) is 0 Å². The van der Waals surface area contributed by atoms with E-state index in [0.29, 0.717) is 0 Å². The lowest BCUT2D eigenvalue weighted by Crippen LogP contribution is -2.58. The van der Waals surface area contributed by atoms with Crippen molar-refractivity contribution in [3.05, 3.63) is 36.0 Å². The largest absolute Gasteiger partial charge is 0.481 e. The Kier molecular flexibility index (Phi) is 9.76. The van der Waals surface area contributed by atoms with Gasteiger partial charge in [0.15, 0.2) is 0 Å². The summed E-state index contributed by atoms with van der Waals surface area (Å²) in [5.41, 5.74) is 7.31. The number of aromatic amines is 1. The number of H-pyrrole nitrogens is 1. The van der Waals surface area contributed by atoms with Crippen LogP contribution in [0.1, 0.15) is 32.3 Å². The molecule has 35 heavy (non-hydrogen) atoms. The summed E-state index contributed by atoms with van der Waals surface area (Å²) in [6.07, 6.45) is 1.37. The Morgan fingerprint density at radius 2 is 1.66 bits per heavy atom. The maximum absolute atomic E-state index is 13.1. The van der Waals surface area contributed by atoms with Crippen molar-refractivity contribution in [1.82, 2.24) is 20.9 Å². The van der Waals surface area contributed by atoms with Gasteiger partial charge in [-0.1, -0.05) is 32.0 Å². The van der Waals surface area contributed by atoms with Crippen LogP contribution in [0.4, 0.5) is 0 Å². The van der Waals surface area contributed by atoms with Gasteiger partial charge in [0.1, 0.15) is 18.6 Å². The minimum Gasteiger partial charge on any atom is -0.481 e. The molecule has 0 spiro atoms. The van der Waals surface area contributed by atoms with Crippen LogP contribution in [0.5, 0.6) is 0 Å². The molecule has 0 radical (unpaired) electrons. The van der Waals surface area contributed by atoms with E-state index in [1.807, 2.05) is 24.3 Å². The van der Waals surface area contributed by atoms with Gasteiger partial charge in [-0.25, -0.2) is 0 Å². The van der Waals surface area contributed by atoms with Gasteiger partial charge in [0.2, 0.25) is 17.7 Å². The first kappa shape index (κ1) is 27.3. The summed E-state index contributed by atoms with van der Waals surface area (Å²) in [4.78, 5) is 63.0. The number of hydrogen-bond acceptors (Lipinski definition) is 6. The van der Waals surface area contributed by atoms with E-state index in [-0.39, 0.29) is 25.2 Å². The fraction of sp³-hybridized carbons (Fsp3) is 0.435. The Labute approximate surface area is 201 Å². The number of carbonyl (C=O) groups excluding carboxylic acids is 3. The van der Waals surface area contributed by atoms with E-state index in [2.05, 4.69) is 20.9 Å². The zero-order valence-corrected chi connectivity index (χ0v) is 19.5. The third-order valence-corrected chi connectivity index (χ3v) is 5.40. The lowest BCUT2D eigenvalue weighted by molar-refractivity contribution is -0.139. The van der Waals surface area contributed by atoms with Crippen molar-refractivity contribution in [1.29, 1.82) is 0 Å². The van der Waals surface area contributed by atoms with Gasteiger partial charge in [-0.05, 0) is 24.0 Å². The molecule has 8 N–H and O–H groups in total. The molecule has 190 valence electrons.